The van der Waals surface area contributed by atoms with E-state index in [0.717, 1.165) is 12.1 Å². The van der Waals surface area contributed by atoms with Gasteiger partial charge >= 0.3 is 5.92 Å². The molecule has 0 spiro atoms. The summed E-state index contributed by atoms with van der Waals surface area (Å²) in [6, 6.07) is 8.54. The summed E-state index contributed by atoms with van der Waals surface area (Å²) in [5.41, 5.74) is -0.169. The van der Waals surface area contributed by atoms with Crippen LogP contribution in [0.15, 0.2) is 48.5 Å². The van der Waals surface area contributed by atoms with Crippen molar-refractivity contribution >= 4 is 29.2 Å². The number of nitrogens with one attached hydrogen (secondary N) is 2. The second kappa shape index (κ2) is 11.0. The van der Waals surface area contributed by atoms with E-state index in [9.17, 15) is 23.2 Å². The van der Waals surface area contributed by atoms with Gasteiger partial charge in [0.15, 0.2) is 5.78 Å². The van der Waals surface area contributed by atoms with Gasteiger partial charge in [0.2, 0.25) is 5.91 Å². The summed E-state index contributed by atoms with van der Waals surface area (Å²) in [7, 11) is 2.73. The van der Waals surface area contributed by atoms with Gasteiger partial charge in [-0.05, 0) is 36.8 Å². The molecular formula is C22H23ClF2N2O5. The number of hydrogen-bond acceptors (Lipinski definition) is 5. The molecule has 2 rings (SSSR count). The number of hydrogen-bond donors (Lipinski definition) is 2. The lowest BCUT2D eigenvalue weighted by Crippen LogP contribution is -2.53. The van der Waals surface area contributed by atoms with Crippen molar-refractivity contribution < 1.29 is 32.6 Å². The third-order valence-electron chi connectivity index (χ3n) is 4.57. The third kappa shape index (κ3) is 6.24. The van der Waals surface area contributed by atoms with Crippen molar-refractivity contribution in [3.8, 4) is 5.75 Å². The number of Topliss-reactive ketones (excluding diaryl/α,β-unsaturated/α-hetero) is 1. The van der Waals surface area contributed by atoms with Crippen LogP contribution in [0.4, 0.5) is 8.78 Å². The first-order valence-corrected chi connectivity index (χ1v) is 9.86. The summed E-state index contributed by atoms with van der Waals surface area (Å²) in [4.78, 5) is 37.2. The molecule has 0 fully saturated rings. The minimum absolute atomic E-state index is 0.0324. The van der Waals surface area contributed by atoms with Crippen molar-refractivity contribution in [2.24, 2.45) is 0 Å². The molecule has 7 nitrogen and oxygen atoms in total. The van der Waals surface area contributed by atoms with Gasteiger partial charge < -0.3 is 20.1 Å². The fourth-order valence-corrected chi connectivity index (χ4v) is 3.06. The van der Waals surface area contributed by atoms with Crippen molar-refractivity contribution in [3.63, 3.8) is 0 Å². The third-order valence-corrected chi connectivity index (χ3v) is 4.80. The van der Waals surface area contributed by atoms with Gasteiger partial charge in [0.1, 0.15) is 17.8 Å². The SMILES string of the molecule is COC[C@H](NC(=O)C(F)(F)c1cccc(Cl)c1)C(=O)N[C@H](C(C)=O)c1ccc(OC)cc1. The van der Waals surface area contributed by atoms with Crippen molar-refractivity contribution in [2.45, 2.75) is 24.9 Å². The average Bonchev–Trinajstić information content (AvgIpc) is 2.76. The molecule has 0 aliphatic carbocycles. The van der Waals surface area contributed by atoms with E-state index in [4.69, 9.17) is 21.1 Å². The number of halogens is 3. The number of alkyl halides is 2. The van der Waals surface area contributed by atoms with Gasteiger partial charge in [-0.25, -0.2) is 0 Å². The van der Waals surface area contributed by atoms with E-state index >= 15 is 0 Å². The van der Waals surface area contributed by atoms with Gasteiger partial charge in [-0.1, -0.05) is 35.9 Å². The summed E-state index contributed by atoms with van der Waals surface area (Å²) >= 11 is 5.74. The Morgan fingerprint density at radius 2 is 1.72 bits per heavy atom. The maximum atomic E-state index is 14.6. The van der Waals surface area contributed by atoms with Gasteiger partial charge in [-0.2, -0.15) is 8.78 Å². The molecule has 0 saturated carbocycles. The summed E-state index contributed by atoms with van der Waals surface area (Å²) < 4.78 is 39.2. The lowest BCUT2D eigenvalue weighted by Gasteiger charge is -2.24. The minimum Gasteiger partial charge on any atom is -0.497 e. The number of ketones is 1. The van der Waals surface area contributed by atoms with Gasteiger partial charge in [-0.15, -0.1) is 0 Å². The molecule has 0 radical (unpaired) electrons. The number of amides is 2. The Balaban J connectivity index is 2.19. The van der Waals surface area contributed by atoms with E-state index in [0.29, 0.717) is 11.3 Å². The van der Waals surface area contributed by atoms with Crippen molar-refractivity contribution in [3.05, 3.63) is 64.7 Å². The number of carbonyl (C=O) groups is 3. The molecule has 2 amide bonds. The lowest BCUT2D eigenvalue weighted by molar-refractivity contribution is -0.150. The maximum absolute atomic E-state index is 14.6. The first-order chi connectivity index (χ1) is 15.1. The summed E-state index contributed by atoms with van der Waals surface area (Å²) in [5.74, 6) is -6.36. The normalized spacial score (nSPS) is 13.1. The van der Waals surface area contributed by atoms with Gasteiger partial charge in [0.25, 0.3) is 5.91 Å². The molecule has 2 atom stereocenters. The molecule has 0 aromatic heterocycles. The predicted molar refractivity (Wildman–Crippen MR) is 114 cm³/mol. The molecule has 172 valence electrons. The number of methoxy groups -OCH3 is 2. The second-order valence-electron chi connectivity index (χ2n) is 6.89. The van der Waals surface area contributed by atoms with E-state index < -0.39 is 47.8 Å². The molecule has 0 heterocycles. The second-order valence-corrected chi connectivity index (χ2v) is 7.33. The Morgan fingerprint density at radius 3 is 2.25 bits per heavy atom. The Kier molecular flexibility index (Phi) is 8.68. The molecular weight excluding hydrogens is 446 g/mol. The molecule has 10 heteroatoms. The lowest BCUT2D eigenvalue weighted by atomic mass is 10.0. The molecule has 0 aliphatic heterocycles. The van der Waals surface area contributed by atoms with Crippen LogP contribution in [0.5, 0.6) is 5.75 Å². The standard InChI is InChI=1S/C22H23ClF2N2O5/c1-13(28)19(14-7-9-17(32-3)10-8-14)27-20(29)18(12-31-2)26-21(30)22(24,25)15-5-4-6-16(23)11-15/h4-11,18-19H,12H2,1-3H3,(H,26,30)(H,27,29)/t18-,19+/m0/s1. The van der Waals surface area contributed by atoms with E-state index in [1.54, 1.807) is 24.3 Å². The maximum Gasteiger partial charge on any atom is 0.349 e. The number of carbonyl (C=O) groups excluding carboxylic acids is 3. The van der Waals surface area contributed by atoms with Gasteiger partial charge in [-0.3, -0.25) is 14.4 Å². The molecule has 32 heavy (non-hydrogen) atoms. The molecule has 0 bridgehead atoms. The Morgan fingerprint density at radius 1 is 1.06 bits per heavy atom. The quantitative estimate of drug-likeness (QED) is 0.559. The number of rotatable bonds is 10. The highest BCUT2D eigenvalue weighted by atomic mass is 35.5. The van der Waals surface area contributed by atoms with Crippen LogP contribution in [0.25, 0.3) is 0 Å². The van der Waals surface area contributed by atoms with Crippen LogP contribution in [0, 0.1) is 0 Å². The average molecular weight is 469 g/mol. The first-order valence-electron chi connectivity index (χ1n) is 9.48. The van der Waals surface area contributed by atoms with Crippen LogP contribution in [-0.2, 0) is 25.0 Å². The van der Waals surface area contributed by atoms with Crippen molar-refractivity contribution in [1.82, 2.24) is 10.6 Å². The van der Waals surface area contributed by atoms with Crippen LogP contribution in [0.3, 0.4) is 0 Å². The van der Waals surface area contributed by atoms with Crippen LogP contribution in [0.1, 0.15) is 24.1 Å². The largest absolute Gasteiger partial charge is 0.497 e. The Labute approximate surface area is 189 Å². The van der Waals surface area contributed by atoms with E-state index in [-0.39, 0.29) is 5.02 Å². The molecule has 2 aromatic carbocycles. The Bertz CT molecular complexity index is 969. The summed E-state index contributed by atoms with van der Waals surface area (Å²) in [6.07, 6.45) is 0. The molecule has 0 saturated heterocycles. The molecule has 0 unspecified atom stereocenters. The smallest absolute Gasteiger partial charge is 0.349 e. The highest BCUT2D eigenvalue weighted by molar-refractivity contribution is 6.30. The van der Waals surface area contributed by atoms with Crippen LogP contribution < -0.4 is 15.4 Å². The fraction of sp³-hybridized carbons (Fsp3) is 0.318. The van der Waals surface area contributed by atoms with Crippen LogP contribution >= 0.6 is 11.6 Å². The van der Waals surface area contributed by atoms with E-state index in [2.05, 4.69) is 5.32 Å². The first kappa shape index (κ1) is 25.2. The van der Waals surface area contributed by atoms with Crippen molar-refractivity contribution in [2.75, 3.05) is 20.8 Å². The zero-order valence-corrected chi connectivity index (χ0v) is 18.4. The number of benzene rings is 2. The highest BCUT2D eigenvalue weighted by Crippen LogP contribution is 2.30. The topological polar surface area (TPSA) is 93.7 Å². The van der Waals surface area contributed by atoms with Gasteiger partial charge in [0, 0.05) is 17.7 Å². The summed E-state index contributed by atoms with van der Waals surface area (Å²) in [5, 5.41) is 4.49. The zero-order chi connectivity index (χ0) is 23.9. The van der Waals surface area contributed by atoms with Crippen LogP contribution in [0.2, 0.25) is 5.02 Å². The molecule has 2 aromatic rings. The van der Waals surface area contributed by atoms with E-state index in [1.807, 2.05) is 5.32 Å². The predicted octanol–water partition coefficient (Wildman–Crippen LogP) is 3.02. The van der Waals surface area contributed by atoms with Crippen LogP contribution in [-0.4, -0.2) is 44.5 Å². The summed E-state index contributed by atoms with van der Waals surface area (Å²) in [6.45, 7) is 0.878. The zero-order valence-electron chi connectivity index (χ0n) is 17.7. The molecule has 2 N–H and O–H groups in total. The number of ether oxygens (including phenoxy) is 2. The van der Waals surface area contributed by atoms with Crippen molar-refractivity contribution in [1.29, 1.82) is 0 Å². The Hall–Kier alpha value is -3.04. The highest BCUT2D eigenvalue weighted by Gasteiger charge is 2.43. The van der Waals surface area contributed by atoms with Gasteiger partial charge in [0.05, 0.1) is 13.7 Å². The molecule has 0 aliphatic rings. The minimum atomic E-state index is -3.95. The fourth-order valence-electron chi connectivity index (χ4n) is 2.87. The monoisotopic (exact) mass is 468 g/mol. The van der Waals surface area contributed by atoms with E-state index in [1.165, 1.54) is 33.3 Å².